The molecule has 0 N–H and O–H groups in total. The van der Waals surface area contributed by atoms with E-state index < -0.39 is 55.0 Å². The Labute approximate surface area is 492 Å². The Balaban J connectivity index is 0.000000208. The smallest absolute Gasteiger partial charge is 0.779 e. The predicted molar refractivity (Wildman–Crippen MR) is 324 cm³/mol. The van der Waals surface area contributed by atoms with E-state index in [-0.39, 0.29) is 54.6 Å². The second-order valence-corrected chi connectivity index (χ2v) is 26.7. The Morgan fingerprint density at radius 3 is 0.474 bits per heavy atom. The molecule has 10 aromatic rings. The fourth-order valence-electron chi connectivity index (χ4n) is 7.77. The van der Waals surface area contributed by atoms with Crippen LogP contribution in [0, 0.1) is 23.3 Å². The normalized spacial score (nSPS) is 10.6. The summed E-state index contributed by atoms with van der Waals surface area (Å²) in [7, 11) is -3.86. The van der Waals surface area contributed by atoms with Crippen LogP contribution in [-0.4, -0.2) is 0 Å². The van der Waals surface area contributed by atoms with Crippen LogP contribution in [0.2, 0.25) is 0 Å². The molecule has 10 aromatic carbocycles. The molecule has 0 nitrogen and oxygen atoms in total. The van der Waals surface area contributed by atoms with Crippen molar-refractivity contribution in [2.75, 3.05) is 0 Å². The van der Waals surface area contributed by atoms with Gasteiger partial charge in [0.2, 0.25) is 0 Å². The molecule has 10 rings (SSSR count). The largest absolute Gasteiger partial charge is 1.00 e. The molecule has 0 fully saturated rings. The van der Waals surface area contributed by atoms with Gasteiger partial charge in [-0.05, 0) is 121 Å². The molecule has 0 aliphatic heterocycles. The Morgan fingerprint density at radius 1 is 0.224 bits per heavy atom. The Morgan fingerprint density at radius 2 is 0.355 bits per heavy atom. The maximum Gasteiger partial charge on any atom is 1.00 e. The Bertz CT molecular complexity index is 2600. The van der Waals surface area contributed by atoms with E-state index in [1.54, 1.807) is 0 Å². The minimum absolute atomic E-state index is 0. The second kappa shape index (κ2) is 34.0. The maximum absolute atomic E-state index is 12.1. The molecule has 0 radical (unpaired) electrons. The molecular formula is C64H54Ag2F4P4S2+4. The molecule has 0 bridgehead atoms. The van der Waals surface area contributed by atoms with Crippen LogP contribution in [0.25, 0.3) is 0 Å². The fourth-order valence-corrected chi connectivity index (χ4v) is 18.2. The third-order valence-electron chi connectivity index (χ3n) is 11.2. The monoisotopic (exact) mass is 1300 g/mol. The van der Waals surface area contributed by atoms with Crippen LogP contribution >= 0.6 is 31.7 Å². The maximum atomic E-state index is 12.1. The molecule has 76 heavy (non-hydrogen) atoms. The average Bonchev–Trinajstić information content (AvgIpc) is 3.43. The number of rotatable bonds is 12. The second-order valence-electron chi connectivity index (χ2n) is 16.5. The average molecular weight is 1300 g/mol. The van der Waals surface area contributed by atoms with E-state index in [1.165, 1.54) is 42.4 Å². The third-order valence-corrected chi connectivity index (χ3v) is 22.0. The van der Waals surface area contributed by atoms with Crippen LogP contribution in [0.5, 0.6) is 0 Å². The summed E-state index contributed by atoms with van der Waals surface area (Å²) in [6.07, 6.45) is 0. The summed E-state index contributed by atoms with van der Waals surface area (Å²) < 4.78 is 48.5. The Kier molecular flexibility index (Phi) is 27.7. The molecule has 0 saturated carbocycles. The van der Waals surface area contributed by atoms with E-state index in [2.05, 4.69) is 291 Å². The fraction of sp³-hybridized carbons (Fsp3) is 0. The summed E-state index contributed by atoms with van der Waals surface area (Å²) in [6, 6.07) is 93.4. The summed E-state index contributed by atoms with van der Waals surface area (Å²) in [5.74, 6) is 7.51. The van der Waals surface area contributed by atoms with Crippen molar-refractivity contribution in [1.29, 1.82) is 0 Å². The summed E-state index contributed by atoms with van der Waals surface area (Å²) in [5, 5.41) is 11.4. The zero-order valence-corrected chi connectivity index (χ0v) is 49.4. The van der Waals surface area contributed by atoms with Gasteiger partial charge in [0.1, 0.15) is 89.0 Å². The predicted octanol–water partition coefficient (Wildman–Crippen LogP) is 14.1. The zero-order valence-electron chi connectivity index (χ0n) is 40.8. The van der Waals surface area contributed by atoms with Crippen LogP contribution in [0.1, 0.15) is 0 Å². The summed E-state index contributed by atoms with van der Waals surface area (Å²) in [4.78, 5) is 0.375. The van der Waals surface area contributed by atoms with E-state index in [1.807, 2.05) is 0 Å². The van der Waals surface area contributed by atoms with Crippen LogP contribution in [-0.2, 0) is 70.0 Å². The van der Waals surface area contributed by atoms with E-state index >= 15 is 0 Å². The minimum atomic E-state index is -0.964. The minimum Gasteiger partial charge on any atom is -0.779 e. The van der Waals surface area contributed by atoms with Crippen LogP contribution in [0.3, 0.4) is 0 Å². The summed E-state index contributed by atoms with van der Waals surface area (Å²) in [5.41, 5.74) is 0. The van der Waals surface area contributed by atoms with Gasteiger partial charge in [-0.3, -0.25) is 0 Å². The van der Waals surface area contributed by atoms with Crippen molar-refractivity contribution in [3.8, 4) is 0 Å². The summed E-state index contributed by atoms with van der Waals surface area (Å²) >= 11 is 9.01. The molecule has 0 aliphatic carbocycles. The Hall–Kier alpha value is -4.96. The molecule has 0 aromatic heterocycles. The molecule has 0 spiro atoms. The van der Waals surface area contributed by atoms with Gasteiger partial charge in [0.05, 0.1) is 31.7 Å². The first-order chi connectivity index (χ1) is 36.2. The van der Waals surface area contributed by atoms with Crippen LogP contribution in [0.15, 0.2) is 312 Å². The quantitative estimate of drug-likeness (QED) is 0.0517. The molecule has 0 amide bonds. The SMILES string of the molecule is C(=C/[PH+](c1ccccc1)c1ccccc1)/[PH+](c1ccccc1)c1ccccc1.C(=C/[PH+](c1ccccc1)c1ccccc1)/[PH+](c1ccccc1)c1ccccc1.Fc1cc(F)cc([S-])c1.Fc1cc(F)cc([S-])c1.[Ag+].[Ag+]. The van der Waals surface area contributed by atoms with E-state index in [4.69, 9.17) is 0 Å². The van der Waals surface area contributed by atoms with Gasteiger partial charge in [-0.2, -0.15) is 9.79 Å². The molecule has 12 heteroatoms. The zero-order chi connectivity index (χ0) is 51.7. The molecule has 0 saturated heterocycles. The van der Waals surface area contributed by atoms with E-state index in [0.29, 0.717) is 0 Å². The van der Waals surface area contributed by atoms with Crippen molar-refractivity contribution in [3.05, 3.63) is 326 Å². The van der Waals surface area contributed by atoms with Gasteiger partial charge in [0.25, 0.3) is 0 Å². The molecule has 0 heterocycles. The first-order valence-corrected chi connectivity index (χ1v) is 30.9. The van der Waals surface area contributed by atoms with Crippen molar-refractivity contribution < 1.29 is 62.3 Å². The van der Waals surface area contributed by atoms with Crippen molar-refractivity contribution in [1.82, 2.24) is 0 Å². The van der Waals surface area contributed by atoms with Crippen LogP contribution in [0.4, 0.5) is 17.6 Å². The van der Waals surface area contributed by atoms with Gasteiger partial charge in [-0.15, -0.1) is 0 Å². The number of hydrogen-bond acceptors (Lipinski definition) is 2. The van der Waals surface area contributed by atoms with Gasteiger partial charge in [-0.1, -0.05) is 146 Å². The van der Waals surface area contributed by atoms with E-state index in [0.717, 1.165) is 36.4 Å². The van der Waals surface area contributed by atoms with Gasteiger partial charge in [-0.25, -0.2) is 17.6 Å². The molecule has 0 unspecified atom stereocenters. The van der Waals surface area contributed by atoms with Gasteiger partial charge < -0.3 is 25.3 Å². The molecule has 388 valence electrons. The van der Waals surface area contributed by atoms with Gasteiger partial charge in [0, 0.05) is 12.1 Å². The molecular weight excluding hydrogens is 1250 g/mol. The van der Waals surface area contributed by atoms with Crippen molar-refractivity contribution in [2.24, 2.45) is 0 Å². The van der Waals surface area contributed by atoms with Crippen molar-refractivity contribution in [3.63, 3.8) is 0 Å². The van der Waals surface area contributed by atoms with Crippen molar-refractivity contribution in [2.45, 2.75) is 9.79 Å². The third kappa shape index (κ3) is 20.4. The number of benzene rings is 10. The van der Waals surface area contributed by atoms with Crippen LogP contribution < -0.4 is 42.4 Å². The summed E-state index contributed by atoms with van der Waals surface area (Å²) in [6.45, 7) is 0. The number of hydrogen-bond donors (Lipinski definition) is 0. The molecule has 0 atom stereocenters. The first kappa shape index (κ1) is 61.9. The topological polar surface area (TPSA) is 0 Å². The van der Waals surface area contributed by atoms with Crippen molar-refractivity contribution >= 4 is 99.4 Å². The molecule has 0 aliphatic rings. The van der Waals surface area contributed by atoms with Gasteiger partial charge in [0.15, 0.2) is 0 Å². The standard InChI is InChI=1S/2C26H22P2.2C6H4F2S.2Ag/c2*1-5-13-23(14-6-1)27(24-15-7-2-8-16-24)21-22-28(25-17-9-3-10-18-25)26-19-11-4-12-20-26;2*7-4-1-5(8)3-6(9)2-4;;/h2*1-22H;2*1-3,9H;;/q;;;;2*+1/p+2/b2*22-21-;;;;. The first-order valence-electron chi connectivity index (χ1n) is 23.7. The van der Waals surface area contributed by atoms with Gasteiger partial charge >= 0.3 is 44.8 Å². The van der Waals surface area contributed by atoms with E-state index in [9.17, 15) is 17.6 Å². The number of halogens is 4.